The van der Waals surface area contributed by atoms with Crippen molar-refractivity contribution in [3.63, 3.8) is 0 Å². The summed E-state index contributed by atoms with van der Waals surface area (Å²) < 4.78 is 33.6. The van der Waals surface area contributed by atoms with Crippen LogP contribution in [0.5, 0.6) is 0 Å². The summed E-state index contributed by atoms with van der Waals surface area (Å²) in [7, 11) is -4.11. The minimum atomic E-state index is -4.11. The molecule has 0 bridgehead atoms. The fourth-order valence-corrected chi connectivity index (χ4v) is 5.53. The molecule has 0 aliphatic rings. The number of nitrogens with one attached hydrogen (secondary N) is 2. The summed E-state index contributed by atoms with van der Waals surface area (Å²) in [6.07, 6.45) is 1.51. The van der Waals surface area contributed by atoms with Crippen LogP contribution in [0.15, 0.2) is 94.4 Å². The summed E-state index contributed by atoms with van der Waals surface area (Å²) in [6.45, 7) is 3.22. The molecule has 0 aliphatic heterocycles. The molecular weight excluding hydrogens is 526 g/mol. The monoisotopic (exact) mass is 551 g/mol. The van der Waals surface area contributed by atoms with Crippen molar-refractivity contribution >= 4 is 44.8 Å². The molecule has 0 saturated heterocycles. The highest BCUT2D eigenvalue weighted by Gasteiger charge is 2.29. The molecule has 4 aromatic rings. The lowest BCUT2D eigenvalue weighted by Crippen LogP contribution is -2.39. The number of sulfonamides is 1. The van der Waals surface area contributed by atoms with Gasteiger partial charge in [0.2, 0.25) is 5.91 Å². The first kappa shape index (κ1) is 27.0. The number of nitrogens with zero attached hydrogens (tertiary/aromatic N) is 1. The van der Waals surface area contributed by atoms with Gasteiger partial charge < -0.3 is 15.1 Å². The summed E-state index contributed by atoms with van der Waals surface area (Å²) in [5.41, 5.74) is 2.27. The Labute approximate surface area is 226 Å². The zero-order chi connectivity index (χ0) is 27.3. The molecule has 0 atom stereocenters. The van der Waals surface area contributed by atoms with Gasteiger partial charge in [0, 0.05) is 5.02 Å². The number of hydrogen-bond donors (Lipinski definition) is 2. The molecule has 38 heavy (non-hydrogen) atoms. The molecule has 4 rings (SSSR count). The van der Waals surface area contributed by atoms with E-state index in [0.29, 0.717) is 22.0 Å². The van der Waals surface area contributed by atoms with Crippen LogP contribution in [0.1, 0.15) is 27.2 Å². The molecule has 0 radical (unpaired) electrons. The van der Waals surface area contributed by atoms with Crippen LogP contribution in [0.3, 0.4) is 0 Å². The summed E-state index contributed by atoms with van der Waals surface area (Å²) >= 11 is 6.10. The van der Waals surface area contributed by atoms with E-state index in [1.54, 1.807) is 73.7 Å². The smallest absolute Gasteiger partial charge is 0.264 e. The molecule has 196 valence electrons. The van der Waals surface area contributed by atoms with E-state index in [9.17, 15) is 18.0 Å². The third kappa shape index (κ3) is 6.24. The fourth-order valence-electron chi connectivity index (χ4n) is 3.82. The zero-order valence-electron chi connectivity index (χ0n) is 20.8. The van der Waals surface area contributed by atoms with Crippen molar-refractivity contribution in [1.82, 2.24) is 5.32 Å². The zero-order valence-corrected chi connectivity index (χ0v) is 22.3. The largest absolute Gasteiger partial charge is 0.467 e. The van der Waals surface area contributed by atoms with Gasteiger partial charge in [0.25, 0.3) is 15.9 Å². The summed E-state index contributed by atoms with van der Waals surface area (Å²) in [5.74, 6) is -0.466. The van der Waals surface area contributed by atoms with Gasteiger partial charge in [0.15, 0.2) is 0 Å². The van der Waals surface area contributed by atoms with Gasteiger partial charge >= 0.3 is 0 Å². The number of carbonyl (C=O) groups excluding carboxylic acids is 2. The number of hydrogen-bond acceptors (Lipinski definition) is 5. The van der Waals surface area contributed by atoms with Crippen LogP contribution in [0, 0.1) is 13.8 Å². The van der Waals surface area contributed by atoms with Crippen molar-refractivity contribution in [2.45, 2.75) is 25.3 Å². The minimum Gasteiger partial charge on any atom is -0.467 e. The number of para-hydroxylation sites is 1. The van der Waals surface area contributed by atoms with Crippen molar-refractivity contribution in [3.8, 4) is 0 Å². The topological polar surface area (TPSA) is 109 Å². The lowest BCUT2D eigenvalue weighted by molar-refractivity contribution is -0.114. The van der Waals surface area contributed by atoms with Gasteiger partial charge in [-0.15, -0.1) is 0 Å². The summed E-state index contributed by atoms with van der Waals surface area (Å²) in [5, 5.41) is 5.88. The van der Waals surface area contributed by atoms with Gasteiger partial charge in [0.1, 0.15) is 12.3 Å². The Kier molecular flexibility index (Phi) is 8.19. The first-order valence-electron chi connectivity index (χ1n) is 11.7. The average Bonchev–Trinajstić information content (AvgIpc) is 3.41. The van der Waals surface area contributed by atoms with Crippen LogP contribution in [0.4, 0.5) is 11.4 Å². The Bertz CT molecular complexity index is 1550. The predicted octanol–water partition coefficient (Wildman–Crippen LogP) is 5.31. The average molecular weight is 552 g/mol. The Morgan fingerprint density at radius 2 is 1.68 bits per heavy atom. The lowest BCUT2D eigenvalue weighted by atomic mass is 10.1. The normalized spacial score (nSPS) is 11.1. The maximum absolute atomic E-state index is 13.7. The van der Waals surface area contributed by atoms with E-state index in [0.717, 1.165) is 9.87 Å². The Balaban J connectivity index is 1.60. The second-order valence-electron chi connectivity index (χ2n) is 8.61. The molecule has 0 saturated carbocycles. The molecule has 1 aromatic heterocycles. The molecule has 1 heterocycles. The van der Waals surface area contributed by atoms with Gasteiger partial charge in [0.05, 0.1) is 34.6 Å². The Morgan fingerprint density at radius 3 is 2.37 bits per heavy atom. The SMILES string of the molecule is Cc1ccc(S(=O)(=O)N(CC(=O)Nc2ccccc2C(=O)NCc2ccco2)c2ccc(Cl)cc2C)cc1. The van der Waals surface area contributed by atoms with Crippen LogP contribution in [-0.2, 0) is 21.4 Å². The van der Waals surface area contributed by atoms with Gasteiger partial charge in [-0.2, -0.15) is 0 Å². The molecule has 10 heteroatoms. The van der Waals surface area contributed by atoms with Crippen molar-refractivity contribution in [2.24, 2.45) is 0 Å². The highest BCUT2D eigenvalue weighted by atomic mass is 35.5. The molecule has 3 aromatic carbocycles. The van der Waals surface area contributed by atoms with Crippen molar-refractivity contribution < 1.29 is 22.4 Å². The fraction of sp³-hybridized carbons (Fsp3) is 0.143. The molecule has 2 amide bonds. The molecule has 8 nitrogen and oxygen atoms in total. The Morgan fingerprint density at radius 1 is 0.947 bits per heavy atom. The maximum atomic E-state index is 13.7. The number of carbonyl (C=O) groups is 2. The van der Waals surface area contributed by atoms with Crippen LogP contribution in [0.25, 0.3) is 0 Å². The van der Waals surface area contributed by atoms with E-state index in [-0.39, 0.29) is 22.7 Å². The molecule has 0 spiro atoms. The number of halogens is 1. The van der Waals surface area contributed by atoms with E-state index in [2.05, 4.69) is 10.6 Å². The van der Waals surface area contributed by atoms with Crippen LogP contribution in [0.2, 0.25) is 5.02 Å². The van der Waals surface area contributed by atoms with Gasteiger partial charge in [-0.1, -0.05) is 41.4 Å². The maximum Gasteiger partial charge on any atom is 0.264 e. The minimum absolute atomic E-state index is 0.0444. The Hall–Kier alpha value is -4.08. The van der Waals surface area contributed by atoms with E-state index in [1.807, 2.05) is 6.92 Å². The number of rotatable bonds is 9. The standard InChI is InChI=1S/C28H26ClN3O5S/c1-19-9-12-23(13-10-19)38(35,36)32(26-14-11-21(29)16-20(26)2)18-27(33)31-25-8-4-3-7-24(25)28(34)30-17-22-6-5-15-37-22/h3-16H,17-18H2,1-2H3,(H,30,34)(H,31,33). The third-order valence-corrected chi connectivity index (χ3v) is 7.78. The molecule has 0 unspecified atom stereocenters. The number of amides is 2. The molecule has 0 aliphatic carbocycles. The number of aryl methyl sites for hydroxylation is 2. The van der Waals surface area contributed by atoms with Gasteiger partial charge in [-0.05, 0) is 74.0 Å². The molecule has 0 fully saturated rings. The van der Waals surface area contributed by atoms with Crippen LogP contribution in [-0.4, -0.2) is 26.8 Å². The van der Waals surface area contributed by atoms with Crippen LogP contribution >= 0.6 is 11.6 Å². The van der Waals surface area contributed by atoms with Gasteiger partial charge in [-0.25, -0.2) is 8.42 Å². The summed E-state index contributed by atoms with van der Waals surface area (Å²) in [4.78, 5) is 26.1. The quantitative estimate of drug-likeness (QED) is 0.293. The molecular formula is C28H26ClN3O5S. The van der Waals surface area contributed by atoms with Crippen molar-refractivity contribution in [3.05, 3.63) is 113 Å². The lowest BCUT2D eigenvalue weighted by Gasteiger charge is -2.26. The first-order chi connectivity index (χ1) is 18.1. The number of furan rings is 1. The van der Waals surface area contributed by atoms with E-state index >= 15 is 0 Å². The van der Waals surface area contributed by atoms with Crippen LogP contribution < -0.4 is 14.9 Å². The first-order valence-corrected chi connectivity index (χ1v) is 13.5. The van der Waals surface area contributed by atoms with Gasteiger partial charge in [-0.3, -0.25) is 13.9 Å². The molecule has 2 N–H and O–H groups in total. The third-order valence-electron chi connectivity index (χ3n) is 5.77. The second-order valence-corrected chi connectivity index (χ2v) is 10.9. The highest BCUT2D eigenvalue weighted by molar-refractivity contribution is 7.92. The van der Waals surface area contributed by atoms with E-state index < -0.39 is 28.4 Å². The van der Waals surface area contributed by atoms with Crippen molar-refractivity contribution in [2.75, 3.05) is 16.2 Å². The second kappa shape index (κ2) is 11.5. The van der Waals surface area contributed by atoms with Crippen molar-refractivity contribution in [1.29, 1.82) is 0 Å². The summed E-state index contributed by atoms with van der Waals surface area (Å²) in [6, 6.07) is 21.1. The predicted molar refractivity (Wildman–Crippen MR) is 147 cm³/mol. The van der Waals surface area contributed by atoms with E-state index in [1.165, 1.54) is 18.4 Å². The number of anilines is 2. The number of benzene rings is 3. The van der Waals surface area contributed by atoms with E-state index in [4.69, 9.17) is 16.0 Å². The highest BCUT2D eigenvalue weighted by Crippen LogP contribution is 2.29.